The molecule has 2 heterocycles. The minimum atomic E-state index is -1.25. The number of nitrogens with zero attached hydrogens (tertiary/aromatic N) is 2. The zero-order chi connectivity index (χ0) is 22.5. The Morgan fingerprint density at radius 1 is 1.26 bits per heavy atom. The second-order valence-corrected chi connectivity index (χ2v) is 10.2. The van der Waals surface area contributed by atoms with Crippen LogP contribution >= 0.6 is 35.5 Å². The minimum absolute atomic E-state index is 0.154. The Labute approximate surface area is 192 Å². The Morgan fingerprint density at radius 2 is 1.97 bits per heavy atom. The van der Waals surface area contributed by atoms with Gasteiger partial charge in [-0.1, -0.05) is 30.3 Å². The number of carboxylic acids is 1. The van der Waals surface area contributed by atoms with E-state index in [4.69, 9.17) is 4.74 Å². The second-order valence-electron chi connectivity index (χ2n) is 6.82. The molecule has 0 aromatic heterocycles. The van der Waals surface area contributed by atoms with E-state index in [2.05, 4.69) is 0 Å². The monoisotopic (exact) mass is 482 g/mol. The van der Waals surface area contributed by atoms with Gasteiger partial charge in [0.2, 0.25) is 5.91 Å². The van der Waals surface area contributed by atoms with Gasteiger partial charge in [0.05, 0.1) is 5.08 Å². The molecule has 2 atom stereocenters. The summed E-state index contributed by atoms with van der Waals surface area (Å²) in [6.07, 6.45) is 0. The molecule has 8 nitrogen and oxygen atoms in total. The molecule has 0 radical (unpaired) electrons. The minimum Gasteiger partial charge on any atom is -0.477 e. The van der Waals surface area contributed by atoms with Crippen LogP contribution in [0.1, 0.15) is 19.4 Å². The molecule has 1 aromatic carbocycles. The number of esters is 1. The predicted octanol–water partition coefficient (Wildman–Crippen LogP) is 2.56. The number of hydrogen-bond acceptors (Lipinski definition) is 8. The molecule has 1 aromatic rings. The van der Waals surface area contributed by atoms with E-state index in [1.807, 2.05) is 30.3 Å². The third kappa shape index (κ3) is 5.39. The lowest BCUT2D eigenvalue weighted by atomic mass is 10.0. The second kappa shape index (κ2) is 10.5. The number of carbonyl (C=O) groups excluding carboxylic acids is 3. The van der Waals surface area contributed by atoms with Gasteiger partial charge in [-0.2, -0.15) is 0 Å². The van der Waals surface area contributed by atoms with E-state index in [0.717, 1.165) is 5.75 Å². The number of carbonyl (C=O) groups is 4. The number of β-lactam (4-membered cyclic amide) rings is 1. The number of amides is 2. The molecule has 1 unspecified atom stereocenters. The number of aliphatic carboxylic acids is 1. The van der Waals surface area contributed by atoms with Gasteiger partial charge in [0.25, 0.3) is 5.91 Å². The van der Waals surface area contributed by atoms with Crippen molar-refractivity contribution in [2.75, 3.05) is 17.4 Å². The Morgan fingerprint density at radius 3 is 2.58 bits per heavy atom. The van der Waals surface area contributed by atoms with E-state index in [0.29, 0.717) is 16.4 Å². The first-order chi connectivity index (χ1) is 14.8. The first-order valence-corrected chi connectivity index (χ1v) is 12.5. The average Bonchev–Trinajstić information content (AvgIpc) is 2.73. The fourth-order valence-corrected chi connectivity index (χ4v) is 6.75. The van der Waals surface area contributed by atoms with Crippen LogP contribution in [0.25, 0.3) is 0 Å². The van der Waals surface area contributed by atoms with Crippen molar-refractivity contribution >= 4 is 59.2 Å². The van der Waals surface area contributed by atoms with Crippen molar-refractivity contribution < 1.29 is 29.0 Å². The van der Waals surface area contributed by atoms with E-state index in [9.17, 15) is 24.3 Å². The predicted molar refractivity (Wildman–Crippen MR) is 121 cm³/mol. The SMILES string of the molecule is CC(=O)OCC1=C(C(=O)O)N2C(=O)[C@@H](N(SCSCc3ccccc3)C(C)=O)C2SC1. The van der Waals surface area contributed by atoms with Crippen LogP contribution in [0, 0.1) is 0 Å². The van der Waals surface area contributed by atoms with Crippen LogP contribution in [0.2, 0.25) is 0 Å². The summed E-state index contributed by atoms with van der Waals surface area (Å²) in [6, 6.07) is 9.22. The van der Waals surface area contributed by atoms with Crippen LogP contribution in [-0.2, 0) is 29.7 Å². The molecule has 11 heteroatoms. The molecular weight excluding hydrogens is 460 g/mol. The number of ether oxygens (including phenoxy) is 1. The lowest BCUT2D eigenvalue weighted by Crippen LogP contribution is -2.70. The van der Waals surface area contributed by atoms with Crippen molar-refractivity contribution in [2.24, 2.45) is 0 Å². The highest BCUT2D eigenvalue weighted by Crippen LogP contribution is 2.44. The van der Waals surface area contributed by atoms with Gasteiger partial charge >= 0.3 is 11.9 Å². The first kappa shape index (κ1) is 23.6. The summed E-state index contributed by atoms with van der Waals surface area (Å²) in [7, 11) is 0. The topological polar surface area (TPSA) is 104 Å². The number of rotatable bonds is 9. The number of benzene rings is 1. The quantitative estimate of drug-likeness (QED) is 0.187. The Kier molecular flexibility index (Phi) is 7.95. The van der Waals surface area contributed by atoms with Crippen LogP contribution in [0.3, 0.4) is 0 Å². The highest BCUT2D eigenvalue weighted by atomic mass is 32.2. The molecule has 2 aliphatic heterocycles. The van der Waals surface area contributed by atoms with Gasteiger partial charge < -0.3 is 9.84 Å². The zero-order valence-corrected chi connectivity index (χ0v) is 19.4. The van der Waals surface area contributed by atoms with Gasteiger partial charge in [-0.3, -0.25) is 23.6 Å². The molecule has 0 saturated carbocycles. The normalized spacial score (nSPS) is 20.1. The van der Waals surface area contributed by atoms with Gasteiger partial charge in [0.15, 0.2) is 6.04 Å². The summed E-state index contributed by atoms with van der Waals surface area (Å²) in [5, 5.41) is 9.74. The summed E-state index contributed by atoms with van der Waals surface area (Å²) in [5.41, 5.74) is 1.39. The van der Waals surface area contributed by atoms with Crippen molar-refractivity contribution in [3.05, 3.63) is 47.2 Å². The smallest absolute Gasteiger partial charge is 0.352 e. The van der Waals surface area contributed by atoms with Crippen LogP contribution < -0.4 is 0 Å². The molecule has 31 heavy (non-hydrogen) atoms. The molecule has 2 amide bonds. The lowest BCUT2D eigenvalue weighted by molar-refractivity contribution is -0.154. The molecule has 1 saturated heterocycles. The molecule has 0 aliphatic carbocycles. The fourth-order valence-electron chi connectivity index (χ4n) is 3.24. The fraction of sp³-hybridized carbons (Fsp3) is 0.400. The number of fused-ring (bicyclic) bond motifs is 1. The number of thioether (sulfide) groups is 2. The van der Waals surface area contributed by atoms with Crippen LogP contribution in [0.15, 0.2) is 41.6 Å². The maximum absolute atomic E-state index is 12.9. The van der Waals surface area contributed by atoms with Gasteiger partial charge in [-0.05, 0) is 17.5 Å². The van der Waals surface area contributed by atoms with Crippen LogP contribution in [0.5, 0.6) is 0 Å². The van der Waals surface area contributed by atoms with Crippen molar-refractivity contribution in [3.63, 3.8) is 0 Å². The summed E-state index contributed by atoms with van der Waals surface area (Å²) < 4.78 is 6.39. The van der Waals surface area contributed by atoms with Crippen molar-refractivity contribution in [3.8, 4) is 0 Å². The van der Waals surface area contributed by atoms with Gasteiger partial charge in [0, 0.05) is 30.9 Å². The molecule has 166 valence electrons. The lowest BCUT2D eigenvalue weighted by Gasteiger charge is -2.52. The van der Waals surface area contributed by atoms with Crippen LogP contribution in [-0.4, -0.2) is 66.9 Å². The summed E-state index contributed by atoms with van der Waals surface area (Å²) in [5.74, 6) is -1.38. The standard InChI is InChI=1S/C20H22N2O6S3/c1-12(23)22(31-11-29-9-14-6-4-3-5-7-14)17-18(25)21-16(20(26)27)15(8-28-13(2)24)10-30-19(17)21/h3-7,17,19H,8-11H2,1-2H3,(H,26,27)/t17-,19?/m1/s1. The van der Waals surface area contributed by atoms with E-state index >= 15 is 0 Å². The molecule has 3 rings (SSSR count). The third-order valence-electron chi connectivity index (χ3n) is 4.62. The Balaban J connectivity index is 1.66. The third-order valence-corrected chi connectivity index (χ3v) is 8.33. The first-order valence-electron chi connectivity index (χ1n) is 9.39. The van der Waals surface area contributed by atoms with Crippen molar-refractivity contribution in [1.29, 1.82) is 0 Å². The maximum atomic E-state index is 12.9. The highest BCUT2D eigenvalue weighted by Gasteiger charge is 2.57. The zero-order valence-electron chi connectivity index (χ0n) is 17.0. The Hall–Kier alpha value is -2.11. The molecule has 0 bridgehead atoms. The molecule has 0 spiro atoms. The van der Waals surface area contributed by atoms with Gasteiger partial charge in [-0.15, -0.1) is 23.5 Å². The van der Waals surface area contributed by atoms with Crippen LogP contribution in [0.4, 0.5) is 0 Å². The maximum Gasteiger partial charge on any atom is 0.352 e. The summed E-state index contributed by atoms with van der Waals surface area (Å²) in [4.78, 5) is 49.2. The van der Waals surface area contributed by atoms with Crippen molar-refractivity contribution in [2.45, 2.75) is 31.0 Å². The average molecular weight is 483 g/mol. The van der Waals surface area contributed by atoms with Gasteiger partial charge in [0.1, 0.15) is 17.7 Å². The number of hydrogen-bond donors (Lipinski definition) is 1. The van der Waals surface area contributed by atoms with Gasteiger partial charge in [-0.25, -0.2) is 4.79 Å². The van der Waals surface area contributed by atoms with Crippen molar-refractivity contribution in [1.82, 2.24) is 9.21 Å². The number of carboxylic acid groups (broad SMARTS) is 1. The largest absolute Gasteiger partial charge is 0.477 e. The van der Waals surface area contributed by atoms with E-state index in [-0.39, 0.29) is 18.2 Å². The molecule has 1 N–H and O–H groups in total. The summed E-state index contributed by atoms with van der Waals surface area (Å²) >= 11 is 4.27. The summed E-state index contributed by atoms with van der Waals surface area (Å²) in [6.45, 7) is 2.47. The Bertz CT molecular complexity index is 907. The molecule has 1 fully saturated rings. The molecule has 2 aliphatic rings. The molecular formula is C20H22N2O6S3. The van der Waals surface area contributed by atoms with E-state index in [1.54, 1.807) is 11.8 Å². The van der Waals surface area contributed by atoms with E-state index < -0.39 is 29.3 Å². The van der Waals surface area contributed by atoms with E-state index in [1.165, 1.54) is 52.3 Å². The highest BCUT2D eigenvalue weighted by molar-refractivity contribution is 8.14.